The summed E-state index contributed by atoms with van der Waals surface area (Å²) in [6.45, 7) is 4.73. The molecule has 9 heteroatoms. The minimum atomic E-state index is -0.619. The molecule has 0 fully saturated rings. The smallest absolute Gasteiger partial charge is 0.362 e. The van der Waals surface area contributed by atoms with E-state index in [0.29, 0.717) is 25.5 Å². The molecule has 0 saturated carbocycles. The second kappa shape index (κ2) is 12.1. The Kier molecular flexibility index (Phi) is 8.70. The summed E-state index contributed by atoms with van der Waals surface area (Å²) in [5.74, 6) is 0.640. The number of ether oxygens (including phenoxy) is 4. The van der Waals surface area contributed by atoms with Gasteiger partial charge in [0.15, 0.2) is 12.4 Å². The molecule has 0 unspecified atom stereocenters. The highest BCUT2D eigenvalue weighted by molar-refractivity contribution is 5.90. The van der Waals surface area contributed by atoms with E-state index < -0.39 is 5.97 Å². The molecular formula is C24H27N3O6. The van der Waals surface area contributed by atoms with Crippen LogP contribution in [0.1, 0.15) is 24.3 Å². The van der Waals surface area contributed by atoms with Crippen molar-refractivity contribution in [3.05, 3.63) is 66.5 Å². The lowest BCUT2D eigenvalue weighted by Gasteiger charge is -2.09. The first kappa shape index (κ1) is 23.6. The van der Waals surface area contributed by atoms with Crippen molar-refractivity contribution in [2.45, 2.75) is 13.8 Å². The molecular weight excluding hydrogens is 426 g/mol. The van der Waals surface area contributed by atoms with E-state index >= 15 is 0 Å². The Morgan fingerprint density at radius 3 is 2.27 bits per heavy atom. The van der Waals surface area contributed by atoms with E-state index in [0.717, 1.165) is 11.4 Å². The van der Waals surface area contributed by atoms with E-state index in [9.17, 15) is 9.59 Å². The van der Waals surface area contributed by atoms with Crippen LogP contribution in [0.5, 0.6) is 17.2 Å². The van der Waals surface area contributed by atoms with Gasteiger partial charge in [-0.05, 0) is 50.2 Å². The quantitative estimate of drug-likeness (QED) is 0.332. The Balaban J connectivity index is 1.50. The van der Waals surface area contributed by atoms with Gasteiger partial charge in [0, 0.05) is 0 Å². The second-order valence-electron chi connectivity index (χ2n) is 6.73. The van der Waals surface area contributed by atoms with E-state index in [1.807, 2.05) is 49.4 Å². The number of rotatable bonds is 12. The van der Waals surface area contributed by atoms with Crippen LogP contribution in [0.15, 0.2) is 60.8 Å². The largest absolute Gasteiger partial charge is 0.494 e. The molecule has 3 rings (SSSR count). The maximum Gasteiger partial charge on any atom is 0.362 e. The van der Waals surface area contributed by atoms with Gasteiger partial charge >= 0.3 is 5.97 Å². The van der Waals surface area contributed by atoms with Crippen molar-refractivity contribution >= 4 is 11.9 Å². The first-order chi connectivity index (χ1) is 16.1. The first-order valence-corrected chi connectivity index (χ1v) is 10.7. The zero-order chi connectivity index (χ0) is 23.5. The summed E-state index contributed by atoms with van der Waals surface area (Å²) in [5, 5.41) is 6.97. The highest BCUT2D eigenvalue weighted by Gasteiger charge is 2.21. The summed E-state index contributed by atoms with van der Waals surface area (Å²) in [4.78, 5) is 24.4. The zero-order valence-corrected chi connectivity index (χ0v) is 18.7. The summed E-state index contributed by atoms with van der Waals surface area (Å²) in [7, 11) is 0. The molecule has 33 heavy (non-hydrogen) atoms. The molecule has 1 aromatic heterocycles. The van der Waals surface area contributed by atoms with Crippen LogP contribution in [0, 0.1) is 0 Å². The third-order valence-corrected chi connectivity index (χ3v) is 4.36. The van der Waals surface area contributed by atoms with Crippen molar-refractivity contribution in [1.82, 2.24) is 15.1 Å². The van der Waals surface area contributed by atoms with Crippen LogP contribution in [0.4, 0.5) is 0 Å². The summed E-state index contributed by atoms with van der Waals surface area (Å²) in [6.07, 6.45) is 1.55. The minimum absolute atomic E-state index is 0.00679. The lowest BCUT2D eigenvalue weighted by Crippen LogP contribution is -2.32. The number of carbonyl (C=O) groups is 2. The average Bonchev–Trinajstić information content (AvgIpc) is 3.27. The van der Waals surface area contributed by atoms with Crippen molar-refractivity contribution in [3.63, 3.8) is 0 Å². The van der Waals surface area contributed by atoms with Gasteiger partial charge in [-0.2, -0.15) is 5.10 Å². The summed E-state index contributed by atoms with van der Waals surface area (Å²) >= 11 is 0. The molecule has 0 aliphatic rings. The Morgan fingerprint density at radius 1 is 0.909 bits per heavy atom. The van der Waals surface area contributed by atoms with Crippen molar-refractivity contribution in [1.29, 1.82) is 0 Å². The second-order valence-corrected chi connectivity index (χ2v) is 6.73. The van der Waals surface area contributed by atoms with Crippen LogP contribution in [-0.2, 0) is 9.53 Å². The number of nitrogens with zero attached hydrogens (tertiary/aromatic N) is 2. The molecule has 0 bridgehead atoms. The lowest BCUT2D eigenvalue weighted by molar-refractivity contribution is -0.123. The van der Waals surface area contributed by atoms with Crippen LogP contribution < -0.4 is 19.5 Å². The summed E-state index contributed by atoms with van der Waals surface area (Å²) < 4.78 is 23.1. The van der Waals surface area contributed by atoms with E-state index in [-0.39, 0.29) is 30.6 Å². The Morgan fingerprint density at radius 2 is 1.61 bits per heavy atom. The SMILES string of the molecule is CCOC(=O)c1nn(-c2ccccc2)cc1OCC(=O)NCCOc1ccc(OCC)cc1. The molecule has 1 N–H and O–H groups in total. The van der Waals surface area contributed by atoms with Gasteiger partial charge in [0.2, 0.25) is 5.69 Å². The van der Waals surface area contributed by atoms with Gasteiger partial charge < -0.3 is 24.3 Å². The molecule has 0 saturated heterocycles. The van der Waals surface area contributed by atoms with Gasteiger partial charge in [-0.25, -0.2) is 9.48 Å². The van der Waals surface area contributed by atoms with Crippen LogP contribution in [0.2, 0.25) is 0 Å². The highest BCUT2D eigenvalue weighted by atomic mass is 16.5. The predicted octanol–water partition coefficient (Wildman–Crippen LogP) is 3.02. The van der Waals surface area contributed by atoms with Gasteiger partial charge in [0.05, 0.1) is 31.6 Å². The third-order valence-electron chi connectivity index (χ3n) is 4.36. The number of aromatic nitrogens is 2. The van der Waals surface area contributed by atoms with Crippen LogP contribution >= 0.6 is 0 Å². The number of esters is 1. The van der Waals surface area contributed by atoms with Crippen molar-refractivity contribution in [2.24, 2.45) is 0 Å². The maximum absolute atomic E-state index is 12.3. The molecule has 0 atom stereocenters. The molecule has 0 aliphatic carbocycles. The summed E-state index contributed by atoms with van der Waals surface area (Å²) in [6, 6.07) is 16.5. The van der Waals surface area contributed by atoms with Gasteiger partial charge in [-0.1, -0.05) is 18.2 Å². The normalized spacial score (nSPS) is 10.4. The van der Waals surface area contributed by atoms with E-state index in [2.05, 4.69) is 10.4 Å². The Bertz CT molecular complexity index is 1030. The number of para-hydroxylation sites is 1. The van der Waals surface area contributed by atoms with Crippen LogP contribution in [-0.4, -0.2) is 54.6 Å². The fraction of sp³-hybridized carbons (Fsp3) is 0.292. The minimum Gasteiger partial charge on any atom is -0.494 e. The highest BCUT2D eigenvalue weighted by Crippen LogP contribution is 2.21. The molecule has 3 aromatic rings. The van der Waals surface area contributed by atoms with Crippen LogP contribution in [0.25, 0.3) is 5.69 Å². The summed E-state index contributed by atoms with van der Waals surface area (Å²) in [5.41, 5.74) is 0.751. The molecule has 0 spiro atoms. The van der Waals surface area contributed by atoms with Gasteiger partial charge in [0.25, 0.3) is 5.91 Å². The fourth-order valence-electron chi connectivity index (χ4n) is 2.87. The Labute approximate surface area is 192 Å². The molecule has 0 aliphatic heterocycles. The van der Waals surface area contributed by atoms with Crippen molar-refractivity contribution in [2.75, 3.05) is 33.0 Å². The van der Waals surface area contributed by atoms with Gasteiger partial charge in [-0.15, -0.1) is 0 Å². The monoisotopic (exact) mass is 453 g/mol. The van der Waals surface area contributed by atoms with Crippen molar-refractivity contribution in [3.8, 4) is 22.9 Å². The molecule has 1 amide bonds. The average molecular weight is 453 g/mol. The van der Waals surface area contributed by atoms with E-state index in [4.69, 9.17) is 18.9 Å². The fourth-order valence-corrected chi connectivity index (χ4v) is 2.87. The number of benzene rings is 2. The number of carbonyl (C=O) groups excluding carboxylic acids is 2. The molecule has 9 nitrogen and oxygen atoms in total. The predicted molar refractivity (Wildman–Crippen MR) is 121 cm³/mol. The molecule has 2 aromatic carbocycles. The molecule has 1 heterocycles. The third kappa shape index (κ3) is 6.99. The van der Waals surface area contributed by atoms with E-state index in [1.54, 1.807) is 25.3 Å². The Hall–Kier alpha value is -4.01. The zero-order valence-electron chi connectivity index (χ0n) is 18.7. The lowest BCUT2D eigenvalue weighted by atomic mass is 10.3. The number of hydrogen-bond acceptors (Lipinski definition) is 7. The number of amides is 1. The standard InChI is InChI=1S/C24H27N3O6/c1-3-30-19-10-12-20(13-11-19)32-15-14-25-22(28)17-33-21-16-27(18-8-6-5-7-9-18)26-23(21)24(29)31-4-2/h5-13,16H,3-4,14-15,17H2,1-2H3,(H,25,28). The topological polar surface area (TPSA) is 101 Å². The maximum atomic E-state index is 12.3. The molecule has 0 radical (unpaired) electrons. The first-order valence-electron chi connectivity index (χ1n) is 10.7. The van der Waals surface area contributed by atoms with Gasteiger partial charge in [0.1, 0.15) is 18.1 Å². The van der Waals surface area contributed by atoms with E-state index in [1.165, 1.54) is 4.68 Å². The number of hydrogen-bond donors (Lipinski definition) is 1. The van der Waals surface area contributed by atoms with Crippen molar-refractivity contribution < 1.29 is 28.5 Å². The van der Waals surface area contributed by atoms with Gasteiger partial charge in [-0.3, -0.25) is 4.79 Å². The number of nitrogens with one attached hydrogen (secondary N) is 1. The van der Waals surface area contributed by atoms with Crippen LogP contribution in [0.3, 0.4) is 0 Å². The molecule has 174 valence electrons.